The van der Waals surface area contributed by atoms with Crippen molar-refractivity contribution < 1.29 is 14.2 Å². The summed E-state index contributed by atoms with van der Waals surface area (Å²) < 4.78 is 16.8. The summed E-state index contributed by atoms with van der Waals surface area (Å²) in [5, 5.41) is 0. The van der Waals surface area contributed by atoms with Crippen LogP contribution in [0.5, 0.6) is 0 Å². The van der Waals surface area contributed by atoms with Crippen LogP contribution in [0.2, 0.25) is 0 Å². The third-order valence-electron chi connectivity index (χ3n) is 4.14. The number of unbranched alkanes of at least 4 members (excludes halogenated alkanes) is 6. The van der Waals surface area contributed by atoms with Crippen molar-refractivity contribution in [2.45, 2.75) is 89.9 Å². The van der Waals surface area contributed by atoms with E-state index in [1.54, 1.807) is 21.3 Å². The van der Waals surface area contributed by atoms with Crippen molar-refractivity contribution in [2.75, 3.05) is 21.3 Å². The van der Waals surface area contributed by atoms with Gasteiger partial charge in [-0.05, 0) is 12.8 Å². The van der Waals surface area contributed by atoms with Crippen LogP contribution in [0.1, 0.15) is 78.1 Å². The molecular weight excluding hydrogens is 252 g/mol. The Hall–Kier alpha value is -0.120. The predicted molar refractivity (Wildman–Crippen MR) is 85.1 cm³/mol. The molecule has 1 unspecified atom stereocenters. The van der Waals surface area contributed by atoms with E-state index in [1.165, 1.54) is 44.9 Å². The van der Waals surface area contributed by atoms with E-state index in [9.17, 15) is 0 Å². The van der Waals surface area contributed by atoms with Crippen LogP contribution in [-0.2, 0) is 14.2 Å². The van der Waals surface area contributed by atoms with Crippen LogP contribution in [0.15, 0.2) is 0 Å². The molecule has 0 N–H and O–H groups in total. The van der Waals surface area contributed by atoms with Gasteiger partial charge in [-0.2, -0.15) is 0 Å². The zero-order valence-electron chi connectivity index (χ0n) is 14.4. The lowest BCUT2D eigenvalue weighted by atomic mass is 9.89. The molecule has 20 heavy (non-hydrogen) atoms. The average molecular weight is 288 g/mol. The third-order valence-corrected chi connectivity index (χ3v) is 4.14. The molecule has 0 rings (SSSR count). The first-order valence-electron chi connectivity index (χ1n) is 8.31. The molecule has 0 aliphatic carbocycles. The van der Waals surface area contributed by atoms with Gasteiger partial charge < -0.3 is 14.2 Å². The Morgan fingerprint density at radius 3 is 1.70 bits per heavy atom. The van der Waals surface area contributed by atoms with Gasteiger partial charge in [0.2, 0.25) is 0 Å². The standard InChI is InChI=1S/C17H36O3/c1-6-8-9-10-11-12-13-15-17(20-5,14-7-2)16(18-3)19-4/h16H,6-15H2,1-5H3. The topological polar surface area (TPSA) is 27.7 Å². The lowest BCUT2D eigenvalue weighted by Gasteiger charge is -2.37. The Labute approximate surface area is 126 Å². The minimum absolute atomic E-state index is 0.271. The van der Waals surface area contributed by atoms with Crippen molar-refractivity contribution in [3.05, 3.63) is 0 Å². The molecule has 0 saturated heterocycles. The highest BCUT2D eigenvalue weighted by atomic mass is 16.7. The van der Waals surface area contributed by atoms with Crippen molar-refractivity contribution in [3.63, 3.8) is 0 Å². The molecular formula is C17H36O3. The summed E-state index contributed by atoms with van der Waals surface area (Å²) >= 11 is 0. The maximum absolute atomic E-state index is 5.82. The number of methoxy groups -OCH3 is 3. The molecule has 0 amide bonds. The quantitative estimate of drug-likeness (QED) is 0.335. The van der Waals surface area contributed by atoms with Gasteiger partial charge in [0.05, 0.1) is 0 Å². The molecule has 0 spiro atoms. The maximum Gasteiger partial charge on any atom is 0.185 e. The summed E-state index contributed by atoms with van der Waals surface area (Å²) in [6.07, 6.45) is 12.0. The van der Waals surface area contributed by atoms with Crippen LogP contribution in [-0.4, -0.2) is 33.2 Å². The first-order chi connectivity index (χ1) is 9.70. The number of rotatable bonds is 14. The molecule has 0 radical (unpaired) electrons. The lowest BCUT2D eigenvalue weighted by Crippen LogP contribution is -2.46. The SMILES string of the molecule is CCCCCCCCCC(CCC)(OC)C(OC)OC. The molecule has 0 bridgehead atoms. The zero-order chi connectivity index (χ0) is 15.3. The van der Waals surface area contributed by atoms with Gasteiger partial charge in [-0.15, -0.1) is 0 Å². The van der Waals surface area contributed by atoms with Crippen LogP contribution in [0.4, 0.5) is 0 Å². The summed E-state index contributed by atoms with van der Waals surface area (Å²) in [7, 11) is 5.17. The normalized spacial score (nSPS) is 14.7. The monoisotopic (exact) mass is 288 g/mol. The summed E-state index contributed by atoms with van der Waals surface area (Å²) in [5.74, 6) is 0. The van der Waals surface area contributed by atoms with Gasteiger partial charge in [0.1, 0.15) is 5.60 Å². The molecule has 122 valence electrons. The van der Waals surface area contributed by atoms with Crippen molar-refractivity contribution >= 4 is 0 Å². The van der Waals surface area contributed by atoms with Crippen molar-refractivity contribution in [1.29, 1.82) is 0 Å². The zero-order valence-corrected chi connectivity index (χ0v) is 14.4. The maximum atomic E-state index is 5.82. The Balaban J connectivity index is 4.16. The highest BCUT2D eigenvalue weighted by molar-refractivity contribution is 4.84. The second-order valence-corrected chi connectivity index (χ2v) is 5.69. The fourth-order valence-electron chi connectivity index (χ4n) is 2.99. The summed E-state index contributed by atoms with van der Waals surface area (Å²) in [6.45, 7) is 4.44. The molecule has 0 aromatic carbocycles. The molecule has 3 heteroatoms. The number of hydrogen-bond donors (Lipinski definition) is 0. The second-order valence-electron chi connectivity index (χ2n) is 5.69. The van der Waals surface area contributed by atoms with Gasteiger partial charge in [0.15, 0.2) is 6.29 Å². The number of hydrogen-bond acceptors (Lipinski definition) is 3. The molecule has 1 atom stereocenters. The Morgan fingerprint density at radius 1 is 0.700 bits per heavy atom. The molecule has 0 aromatic heterocycles. The minimum Gasteiger partial charge on any atom is -0.373 e. The van der Waals surface area contributed by atoms with E-state index in [2.05, 4.69) is 13.8 Å². The van der Waals surface area contributed by atoms with E-state index in [0.29, 0.717) is 0 Å². The van der Waals surface area contributed by atoms with Crippen LogP contribution in [0, 0.1) is 0 Å². The average Bonchev–Trinajstić information content (AvgIpc) is 2.47. The molecule has 0 aromatic rings. The summed E-state index contributed by atoms with van der Waals surface area (Å²) in [4.78, 5) is 0. The first kappa shape index (κ1) is 19.9. The molecule has 3 nitrogen and oxygen atoms in total. The molecule has 0 fully saturated rings. The van der Waals surface area contributed by atoms with Crippen molar-refractivity contribution in [1.82, 2.24) is 0 Å². The molecule has 0 saturated carbocycles. The fourth-order valence-corrected chi connectivity index (χ4v) is 2.99. The van der Waals surface area contributed by atoms with Gasteiger partial charge in [-0.1, -0.05) is 65.2 Å². The van der Waals surface area contributed by atoms with E-state index in [0.717, 1.165) is 19.3 Å². The summed E-state index contributed by atoms with van der Waals surface area (Å²) in [5.41, 5.74) is -0.290. The van der Waals surface area contributed by atoms with Crippen LogP contribution >= 0.6 is 0 Å². The third kappa shape index (κ3) is 7.05. The van der Waals surface area contributed by atoms with E-state index >= 15 is 0 Å². The smallest absolute Gasteiger partial charge is 0.185 e. The molecule has 0 heterocycles. The van der Waals surface area contributed by atoms with E-state index in [-0.39, 0.29) is 11.9 Å². The van der Waals surface area contributed by atoms with Crippen LogP contribution < -0.4 is 0 Å². The van der Waals surface area contributed by atoms with Gasteiger partial charge >= 0.3 is 0 Å². The van der Waals surface area contributed by atoms with E-state index in [4.69, 9.17) is 14.2 Å². The van der Waals surface area contributed by atoms with Crippen molar-refractivity contribution in [2.24, 2.45) is 0 Å². The van der Waals surface area contributed by atoms with Gasteiger partial charge in [0, 0.05) is 21.3 Å². The largest absolute Gasteiger partial charge is 0.373 e. The molecule has 0 aliphatic heterocycles. The highest BCUT2D eigenvalue weighted by Crippen LogP contribution is 2.31. The Morgan fingerprint density at radius 2 is 1.25 bits per heavy atom. The van der Waals surface area contributed by atoms with Crippen LogP contribution in [0.3, 0.4) is 0 Å². The van der Waals surface area contributed by atoms with E-state index < -0.39 is 0 Å². The highest BCUT2D eigenvalue weighted by Gasteiger charge is 2.38. The predicted octanol–water partition coefficient (Wildman–Crippen LogP) is 4.93. The Bertz CT molecular complexity index is 204. The fraction of sp³-hybridized carbons (Fsp3) is 1.00. The van der Waals surface area contributed by atoms with Gasteiger partial charge in [-0.25, -0.2) is 0 Å². The lowest BCUT2D eigenvalue weighted by molar-refractivity contribution is -0.231. The molecule has 0 aliphatic rings. The summed E-state index contributed by atoms with van der Waals surface area (Å²) in [6, 6.07) is 0. The van der Waals surface area contributed by atoms with Gasteiger partial charge in [-0.3, -0.25) is 0 Å². The minimum atomic E-state index is -0.290. The number of ether oxygens (including phenoxy) is 3. The first-order valence-corrected chi connectivity index (χ1v) is 8.31. The van der Waals surface area contributed by atoms with Crippen LogP contribution in [0.25, 0.3) is 0 Å². The van der Waals surface area contributed by atoms with E-state index in [1.807, 2.05) is 0 Å². The van der Waals surface area contributed by atoms with Gasteiger partial charge in [0.25, 0.3) is 0 Å². The second kappa shape index (κ2) is 12.6. The Kier molecular flexibility index (Phi) is 12.5. The van der Waals surface area contributed by atoms with Crippen molar-refractivity contribution in [3.8, 4) is 0 Å².